The highest BCUT2D eigenvalue weighted by atomic mass is 32.2. The van der Waals surface area contributed by atoms with Crippen molar-refractivity contribution >= 4 is 44.3 Å². The van der Waals surface area contributed by atoms with Gasteiger partial charge in [0.15, 0.2) is 0 Å². The third-order valence-electron chi connectivity index (χ3n) is 4.94. The van der Waals surface area contributed by atoms with E-state index in [4.69, 9.17) is 4.74 Å². The summed E-state index contributed by atoms with van der Waals surface area (Å²) < 4.78 is 37.0. The highest BCUT2D eigenvalue weighted by Crippen LogP contribution is 2.25. The van der Waals surface area contributed by atoms with Crippen molar-refractivity contribution in [1.29, 1.82) is 0 Å². The summed E-state index contributed by atoms with van der Waals surface area (Å²) in [7, 11) is -2.23. The minimum atomic E-state index is -3.73. The maximum absolute atomic E-state index is 12.8. The topological polar surface area (TPSA) is 131 Å². The smallest absolute Gasteiger partial charge is 0.414 e. The van der Waals surface area contributed by atoms with Crippen LogP contribution < -0.4 is 10.6 Å². The van der Waals surface area contributed by atoms with Crippen molar-refractivity contribution in [2.45, 2.75) is 30.8 Å². The summed E-state index contributed by atoms with van der Waals surface area (Å²) in [6.07, 6.45) is 0.739. The number of thiophene rings is 1. The number of likely N-dealkylation sites (N-methyl/N-ethyl adjacent to an activating group) is 1. The van der Waals surface area contributed by atoms with E-state index in [1.165, 1.54) is 41.7 Å². The number of carbonyl (C=O) groups is 3. The Morgan fingerprint density at radius 2 is 1.91 bits per heavy atom. The number of rotatable bonds is 8. The average molecular weight is 496 g/mol. The van der Waals surface area contributed by atoms with Gasteiger partial charge in [0.1, 0.15) is 5.00 Å². The molecule has 1 aliphatic heterocycles. The largest absolute Gasteiger partial charge is 0.450 e. The van der Waals surface area contributed by atoms with Gasteiger partial charge in [-0.1, -0.05) is 0 Å². The average Bonchev–Trinajstić information content (AvgIpc) is 3.46. The molecular weight excluding hydrogens is 470 g/mol. The van der Waals surface area contributed by atoms with Crippen molar-refractivity contribution in [3.63, 3.8) is 0 Å². The summed E-state index contributed by atoms with van der Waals surface area (Å²) in [4.78, 5) is 36.4. The molecule has 1 fully saturated rings. The van der Waals surface area contributed by atoms with Gasteiger partial charge in [-0.2, -0.15) is 4.31 Å². The van der Waals surface area contributed by atoms with E-state index in [0.29, 0.717) is 6.61 Å². The molecule has 3 rings (SSSR count). The van der Waals surface area contributed by atoms with Gasteiger partial charge in [0.05, 0.1) is 23.2 Å². The highest BCUT2D eigenvalue weighted by Gasteiger charge is 2.26. The van der Waals surface area contributed by atoms with Crippen molar-refractivity contribution in [2.24, 2.45) is 0 Å². The summed E-state index contributed by atoms with van der Waals surface area (Å²) in [5.41, 5.74) is 0.317. The fourth-order valence-corrected chi connectivity index (χ4v) is 5.20. The van der Waals surface area contributed by atoms with E-state index >= 15 is 0 Å². The minimum Gasteiger partial charge on any atom is -0.450 e. The van der Waals surface area contributed by atoms with Crippen LogP contribution in [0.5, 0.6) is 0 Å². The molecule has 2 heterocycles. The number of benzene rings is 1. The molecule has 0 spiro atoms. The fourth-order valence-electron chi connectivity index (χ4n) is 3.22. The first-order chi connectivity index (χ1) is 15.7. The summed E-state index contributed by atoms with van der Waals surface area (Å²) in [5.74, 6) is -1.24. The van der Waals surface area contributed by atoms with Gasteiger partial charge in [0.2, 0.25) is 10.0 Å². The Morgan fingerprint density at radius 3 is 2.55 bits per heavy atom. The van der Waals surface area contributed by atoms with E-state index in [1.807, 2.05) is 0 Å². The van der Waals surface area contributed by atoms with Crippen LogP contribution in [0.3, 0.4) is 0 Å². The standard InChI is InChI=1S/C21H25N3O7S2/c1-3-30-21(27)23-19(26)17-10-12-32-20(17)22-18(25)14-6-8-16(9-7-14)33(28,29)24(2)13-15-5-4-11-31-15/h6-10,12,15H,3-5,11,13H2,1-2H3,(H,22,25)(H,23,26,27). The lowest BCUT2D eigenvalue weighted by atomic mass is 10.2. The van der Waals surface area contributed by atoms with Crippen molar-refractivity contribution in [2.75, 3.05) is 32.1 Å². The molecule has 1 unspecified atom stereocenters. The SMILES string of the molecule is CCOC(=O)NC(=O)c1ccsc1NC(=O)c1ccc(S(=O)(=O)N(C)CC2CCCO2)cc1. The Bertz CT molecular complexity index is 1110. The predicted octanol–water partition coefficient (Wildman–Crippen LogP) is 2.69. The molecule has 1 atom stereocenters. The molecule has 0 aliphatic carbocycles. The second kappa shape index (κ2) is 10.9. The monoisotopic (exact) mass is 495 g/mol. The van der Waals surface area contributed by atoms with Gasteiger partial charge in [-0.25, -0.2) is 13.2 Å². The molecule has 0 bridgehead atoms. The second-order valence-corrected chi connectivity index (χ2v) is 10.2. The van der Waals surface area contributed by atoms with Gasteiger partial charge in [0.25, 0.3) is 11.8 Å². The molecular formula is C21H25N3O7S2. The fraction of sp³-hybridized carbons (Fsp3) is 0.381. The summed E-state index contributed by atoms with van der Waals surface area (Å²) in [5, 5.41) is 6.52. The summed E-state index contributed by atoms with van der Waals surface area (Å²) in [6, 6.07) is 6.98. The number of hydrogen-bond donors (Lipinski definition) is 2. The van der Waals surface area contributed by atoms with Gasteiger partial charge in [-0.05, 0) is 55.5 Å². The molecule has 0 radical (unpaired) electrons. The number of carbonyl (C=O) groups excluding carboxylic acids is 3. The van der Waals surface area contributed by atoms with Gasteiger partial charge < -0.3 is 14.8 Å². The molecule has 3 amide bonds. The molecule has 2 N–H and O–H groups in total. The van der Waals surface area contributed by atoms with E-state index in [9.17, 15) is 22.8 Å². The Morgan fingerprint density at radius 1 is 1.18 bits per heavy atom. The van der Waals surface area contributed by atoms with Crippen molar-refractivity contribution in [3.05, 3.63) is 46.8 Å². The lowest BCUT2D eigenvalue weighted by Gasteiger charge is -2.20. The Balaban J connectivity index is 1.66. The lowest BCUT2D eigenvalue weighted by Crippen LogP contribution is -2.34. The van der Waals surface area contributed by atoms with Crippen LogP contribution in [0.4, 0.5) is 9.80 Å². The molecule has 1 aromatic carbocycles. The van der Waals surface area contributed by atoms with Crippen LogP contribution in [0.2, 0.25) is 0 Å². The maximum Gasteiger partial charge on any atom is 0.414 e. The lowest BCUT2D eigenvalue weighted by molar-refractivity contribution is 0.0926. The summed E-state index contributed by atoms with van der Waals surface area (Å²) >= 11 is 1.11. The predicted molar refractivity (Wildman–Crippen MR) is 122 cm³/mol. The molecule has 1 saturated heterocycles. The van der Waals surface area contributed by atoms with Crippen LogP contribution in [-0.4, -0.2) is 63.5 Å². The van der Waals surface area contributed by atoms with E-state index < -0.39 is 27.9 Å². The Hall–Kier alpha value is -2.80. The van der Waals surface area contributed by atoms with E-state index in [-0.39, 0.29) is 40.3 Å². The normalized spacial score (nSPS) is 15.9. The third kappa shape index (κ3) is 6.16. The van der Waals surface area contributed by atoms with Crippen LogP contribution in [0.1, 0.15) is 40.5 Å². The van der Waals surface area contributed by atoms with E-state index in [0.717, 1.165) is 24.2 Å². The number of sulfonamides is 1. The van der Waals surface area contributed by atoms with Gasteiger partial charge >= 0.3 is 6.09 Å². The molecule has 12 heteroatoms. The first-order valence-electron chi connectivity index (χ1n) is 10.3. The minimum absolute atomic E-state index is 0.0603. The molecule has 1 aromatic heterocycles. The zero-order chi connectivity index (χ0) is 24.0. The molecule has 10 nitrogen and oxygen atoms in total. The third-order valence-corrected chi connectivity index (χ3v) is 7.60. The van der Waals surface area contributed by atoms with Crippen LogP contribution in [0.25, 0.3) is 0 Å². The van der Waals surface area contributed by atoms with Gasteiger partial charge in [-0.15, -0.1) is 11.3 Å². The zero-order valence-electron chi connectivity index (χ0n) is 18.2. The molecule has 1 aliphatic rings. The number of hydrogen-bond acceptors (Lipinski definition) is 8. The van der Waals surface area contributed by atoms with Crippen LogP contribution in [0.15, 0.2) is 40.6 Å². The first-order valence-corrected chi connectivity index (χ1v) is 12.6. The van der Waals surface area contributed by atoms with Crippen molar-refractivity contribution < 1.29 is 32.3 Å². The van der Waals surface area contributed by atoms with Crippen LogP contribution in [-0.2, 0) is 19.5 Å². The number of imide groups is 1. The molecule has 33 heavy (non-hydrogen) atoms. The van der Waals surface area contributed by atoms with Crippen molar-refractivity contribution in [3.8, 4) is 0 Å². The maximum atomic E-state index is 12.8. The number of ether oxygens (including phenoxy) is 2. The van der Waals surface area contributed by atoms with Gasteiger partial charge in [-0.3, -0.25) is 14.9 Å². The van der Waals surface area contributed by atoms with E-state index in [1.54, 1.807) is 12.3 Å². The highest BCUT2D eigenvalue weighted by molar-refractivity contribution is 7.89. The Labute approximate surface area is 195 Å². The van der Waals surface area contributed by atoms with Crippen LogP contribution in [0, 0.1) is 0 Å². The second-order valence-electron chi connectivity index (χ2n) is 7.24. The quantitative estimate of drug-likeness (QED) is 0.576. The number of alkyl carbamates (subject to hydrolysis) is 1. The van der Waals surface area contributed by atoms with Crippen molar-refractivity contribution in [1.82, 2.24) is 9.62 Å². The number of nitrogens with one attached hydrogen (secondary N) is 2. The molecule has 0 saturated carbocycles. The Kier molecular flexibility index (Phi) is 8.19. The first kappa shape index (κ1) is 24.8. The zero-order valence-corrected chi connectivity index (χ0v) is 19.8. The summed E-state index contributed by atoms with van der Waals surface area (Å²) in [6.45, 7) is 2.62. The van der Waals surface area contributed by atoms with Gasteiger partial charge in [0, 0.05) is 25.8 Å². The molecule has 2 aromatic rings. The number of anilines is 1. The number of amides is 3. The molecule has 178 valence electrons. The van der Waals surface area contributed by atoms with E-state index in [2.05, 4.69) is 15.4 Å². The van der Waals surface area contributed by atoms with Crippen LogP contribution >= 0.6 is 11.3 Å². The number of nitrogens with zero attached hydrogens (tertiary/aromatic N) is 1.